The standard InChI is InChI=1S/C17H13FN4/c1-11-2-8-14(9-3-11)22-17(20)15(10-19)16(21-22)12-4-6-13(18)7-5-12/h2-9H,20H2,1H3. The van der Waals surface area contributed by atoms with Crippen molar-refractivity contribution in [2.24, 2.45) is 0 Å². The van der Waals surface area contributed by atoms with Crippen LogP contribution in [-0.4, -0.2) is 9.78 Å². The highest BCUT2D eigenvalue weighted by molar-refractivity contribution is 5.73. The number of nitrogen functional groups attached to an aromatic ring is 1. The average Bonchev–Trinajstić information content (AvgIpc) is 2.85. The molecule has 0 saturated heterocycles. The zero-order valence-corrected chi connectivity index (χ0v) is 11.9. The molecule has 0 spiro atoms. The highest BCUT2D eigenvalue weighted by atomic mass is 19.1. The molecule has 0 amide bonds. The minimum Gasteiger partial charge on any atom is -0.382 e. The zero-order valence-electron chi connectivity index (χ0n) is 11.9. The summed E-state index contributed by atoms with van der Waals surface area (Å²) in [5, 5.41) is 13.8. The first-order valence-electron chi connectivity index (χ1n) is 6.71. The van der Waals surface area contributed by atoms with Gasteiger partial charge in [-0.3, -0.25) is 0 Å². The average molecular weight is 292 g/mol. The summed E-state index contributed by atoms with van der Waals surface area (Å²) in [6.45, 7) is 1.99. The largest absolute Gasteiger partial charge is 0.382 e. The summed E-state index contributed by atoms with van der Waals surface area (Å²) in [7, 11) is 0. The van der Waals surface area contributed by atoms with Crippen molar-refractivity contribution in [2.75, 3.05) is 5.73 Å². The van der Waals surface area contributed by atoms with E-state index in [1.807, 2.05) is 31.2 Å². The van der Waals surface area contributed by atoms with Gasteiger partial charge in [0.2, 0.25) is 0 Å². The summed E-state index contributed by atoms with van der Waals surface area (Å²) in [6.07, 6.45) is 0. The molecule has 0 aliphatic rings. The number of nitrogens with two attached hydrogens (primary N) is 1. The third kappa shape index (κ3) is 2.31. The number of nitriles is 1. The predicted octanol–water partition coefficient (Wildman–Crippen LogP) is 3.44. The van der Waals surface area contributed by atoms with Gasteiger partial charge in [-0.15, -0.1) is 0 Å². The number of halogens is 1. The Hall–Kier alpha value is -3.13. The summed E-state index contributed by atoms with van der Waals surface area (Å²) in [4.78, 5) is 0. The van der Waals surface area contributed by atoms with Crippen molar-refractivity contribution < 1.29 is 4.39 Å². The van der Waals surface area contributed by atoms with Crippen molar-refractivity contribution in [3.8, 4) is 23.0 Å². The van der Waals surface area contributed by atoms with Crippen molar-refractivity contribution in [1.29, 1.82) is 5.26 Å². The fraction of sp³-hybridized carbons (Fsp3) is 0.0588. The van der Waals surface area contributed by atoms with E-state index in [4.69, 9.17) is 5.73 Å². The topological polar surface area (TPSA) is 67.6 Å². The van der Waals surface area contributed by atoms with Crippen molar-refractivity contribution in [2.45, 2.75) is 6.92 Å². The zero-order chi connectivity index (χ0) is 15.7. The number of hydrogen-bond acceptors (Lipinski definition) is 3. The van der Waals surface area contributed by atoms with Crippen LogP contribution >= 0.6 is 0 Å². The molecular weight excluding hydrogens is 279 g/mol. The number of nitrogens with zero attached hydrogens (tertiary/aromatic N) is 3. The first-order chi connectivity index (χ1) is 10.6. The molecule has 0 aliphatic carbocycles. The molecule has 1 heterocycles. The lowest BCUT2D eigenvalue weighted by atomic mass is 10.1. The molecule has 0 radical (unpaired) electrons. The molecule has 0 aliphatic heterocycles. The fourth-order valence-electron chi connectivity index (χ4n) is 2.23. The number of anilines is 1. The van der Waals surface area contributed by atoms with Gasteiger partial charge in [-0.25, -0.2) is 9.07 Å². The smallest absolute Gasteiger partial charge is 0.145 e. The number of hydrogen-bond donors (Lipinski definition) is 1. The van der Waals surface area contributed by atoms with Gasteiger partial charge in [0.1, 0.15) is 29.0 Å². The highest BCUT2D eigenvalue weighted by Gasteiger charge is 2.17. The minimum atomic E-state index is -0.340. The van der Waals surface area contributed by atoms with Crippen LogP contribution in [0.1, 0.15) is 11.1 Å². The Morgan fingerprint density at radius 3 is 2.32 bits per heavy atom. The molecule has 0 unspecified atom stereocenters. The molecule has 3 aromatic rings. The third-order valence-electron chi connectivity index (χ3n) is 3.43. The van der Waals surface area contributed by atoms with Crippen LogP contribution in [0.5, 0.6) is 0 Å². The molecule has 2 N–H and O–H groups in total. The van der Waals surface area contributed by atoms with Crippen LogP contribution < -0.4 is 5.73 Å². The van der Waals surface area contributed by atoms with Crippen LogP contribution in [0.4, 0.5) is 10.2 Å². The molecule has 0 atom stereocenters. The monoisotopic (exact) mass is 292 g/mol. The maximum absolute atomic E-state index is 13.1. The molecule has 0 fully saturated rings. The van der Waals surface area contributed by atoms with Crippen molar-refractivity contribution in [1.82, 2.24) is 9.78 Å². The summed E-state index contributed by atoms with van der Waals surface area (Å²) in [5.41, 5.74) is 9.32. The van der Waals surface area contributed by atoms with Gasteiger partial charge in [-0.05, 0) is 43.3 Å². The Morgan fingerprint density at radius 1 is 1.09 bits per heavy atom. The number of aryl methyl sites for hydroxylation is 1. The van der Waals surface area contributed by atoms with Crippen LogP contribution in [0.15, 0.2) is 48.5 Å². The summed E-state index contributed by atoms with van der Waals surface area (Å²) >= 11 is 0. The van der Waals surface area contributed by atoms with Gasteiger partial charge in [-0.1, -0.05) is 17.7 Å². The summed E-state index contributed by atoms with van der Waals surface area (Å²) in [5.74, 6) is -0.0705. The van der Waals surface area contributed by atoms with Crippen LogP contribution in [0.3, 0.4) is 0 Å². The molecule has 22 heavy (non-hydrogen) atoms. The molecule has 3 rings (SSSR count). The van der Waals surface area contributed by atoms with Gasteiger partial charge in [0.15, 0.2) is 0 Å². The minimum absolute atomic E-state index is 0.269. The van der Waals surface area contributed by atoms with E-state index in [0.29, 0.717) is 11.3 Å². The van der Waals surface area contributed by atoms with Gasteiger partial charge >= 0.3 is 0 Å². The molecule has 1 aromatic heterocycles. The maximum Gasteiger partial charge on any atom is 0.145 e. The van der Waals surface area contributed by atoms with Gasteiger partial charge in [0.05, 0.1) is 5.69 Å². The van der Waals surface area contributed by atoms with E-state index < -0.39 is 0 Å². The van der Waals surface area contributed by atoms with E-state index in [1.165, 1.54) is 16.8 Å². The van der Waals surface area contributed by atoms with E-state index in [2.05, 4.69) is 11.2 Å². The van der Waals surface area contributed by atoms with Crippen molar-refractivity contribution in [3.63, 3.8) is 0 Å². The van der Waals surface area contributed by atoms with Crippen LogP contribution in [0.2, 0.25) is 0 Å². The van der Waals surface area contributed by atoms with Gasteiger partial charge in [0, 0.05) is 5.56 Å². The normalized spacial score (nSPS) is 10.4. The molecule has 108 valence electrons. The Morgan fingerprint density at radius 2 is 1.73 bits per heavy atom. The van der Waals surface area contributed by atoms with Crippen LogP contribution in [0, 0.1) is 24.1 Å². The lowest BCUT2D eigenvalue weighted by Crippen LogP contribution is -2.02. The van der Waals surface area contributed by atoms with Gasteiger partial charge < -0.3 is 5.73 Å². The third-order valence-corrected chi connectivity index (χ3v) is 3.43. The highest BCUT2D eigenvalue weighted by Crippen LogP contribution is 2.28. The Bertz CT molecular complexity index is 855. The molecule has 4 nitrogen and oxygen atoms in total. The van der Waals surface area contributed by atoms with Crippen LogP contribution in [-0.2, 0) is 0 Å². The lowest BCUT2D eigenvalue weighted by molar-refractivity contribution is 0.628. The van der Waals surface area contributed by atoms with E-state index in [0.717, 1.165) is 11.3 Å². The maximum atomic E-state index is 13.1. The number of rotatable bonds is 2. The Kier molecular flexibility index (Phi) is 3.36. The van der Waals surface area contributed by atoms with E-state index >= 15 is 0 Å². The molecular formula is C17H13FN4. The molecule has 2 aromatic carbocycles. The van der Waals surface area contributed by atoms with E-state index in [-0.39, 0.29) is 17.2 Å². The van der Waals surface area contributed by atoms with Crippen LogP contribution in [0.25, 0.3) is 16.9 Å². The van der Waals surface area contributed by atoms with Crippen molar-refractivity contribution >= 4 is 5.82 Å². The fourth-order valence-corrected chi connectivity index (χ4v) is 2.23. The first-order valence-corrected chi connectivity index (χ1v) is 6.71. The second-order valence-corrected chi connectivity index (χ2v) is 4.97. The number of aromatic nitrogens is 2. The second kappa shape index (κ2) is 5.34. The summed E-state index contributed by atoms with van der Waals surface area (Å²) < 4.78 is 14.6. The van der Waals surface area contributed by atoms with E-state index in [1.54, 1.807) is 12.1 Å². The quantitative estimate of drug-likeness (QED) is 0.786. The number of benzene rings is 2. The Balaban J connectivity index is 2.17. The second-order valence-electron chi connectivity index (χ2n) is 4.97. The SMILES string of the molecule is Cc1ccc(-n2nc(-c3ccc(F)cc3)c(C#N)c2N)cc1. The van der Waals surface area contributed by atoms with E-state index in [9.17, 15) is 9.65 Å². The Labute approximate surface area is 127 Å². The predicted molar refractivity (Wildman–Crippen MR) is 82.8 cm³/mol. The lowest BCUT2D eigenvalue weighted by Gasteiger charge is -2.03. The van der Waals surface area contributed by atoms with Gasteiger partial charge in [-0.2, -0.15) is 10.4 Å². The molecule has 0 bridgehead atoms. The molecule has 0 saturated carbocycles. The molecule has 5 heteroatoms. The first kappa shape index (κ1) is 13.8. The van der Waals surface area contributed by atoms with Gasteiger partial charge in [0.25, 0.3) is 0 Å². The van der Waals surface area contributed by atoms with Crippen molar-refractivity contribution in [3.05, 3.63) is 65.5 Å². The summed E-state index contributed by atoms with van der Waals surface area (Å²) in [6, 6.07) is 15.6.